The summed E-state index contributed by atoms with van der Waals surface area (Å²) in [7, 11) is 0. The highest BCUT2D eigenvalue weighted by molar-refractivity contribution is 5.46. The Balaban J connectivity index is 2.04. The summed E-state index contributed by atoms with van der Waals surface area (Å²) in [5.41, 5.74) is 10.8. The molecular weight excluding hydrogens is 210 g/mol. The van der Waals surface area contributed by atoms with Gasteiger partial charge < -0.3 is 11.1 Å². The van der Waals surface area contributed by atoms with Gasteiger partial charge in [-0.2, -0.15) is 0 Å². The van der Waals surface area contributed by atoms with Gasteiger partial charge in [-0.25, -0.2) is 0 Å². The first-order chi connectivity index (χ1) is 8.13. The van der Waals surface area contributed by atoms with Crippen LogP contribution in [0, 0.1) is 13.8 Å². The molecule has 1 aromatic heterocycles. The van der Waals surface area contributed by atoms with Gasteiger partial charge in [0.1, 0.15) is 0 Å². The van der Waals surface area contributed by atoms with Crippen LogP contribution in [0.15, 0.2) is 36.4 Å². The first-order valence-corrected chi connectivity index (χ1v) is 5.67. The molecule has 1 aromatic carbocycles. The van der Waals surface area contributed by atoms with Crippen molar-refractivity contribution in [1.82, 2.24) is 4.98 Å². The molecule has 3 N–H and O–H groups in total. The average molecular weight is 227 g/mol. The molecule has 0 spiro atoms. The van der Waals surface area contributed by atoms with Crippen LogP contribution in [0.2, 0.25) is 0 Å². The third-order valence-electron chi connectivity index (χ3n) is 2.56. The molecule has 0 amide bonds. The summed E-state index contributed by atoms with van der Waals surface area (Å²) < 4.78 is 0. The van der Waals surface area contributed by atoms with Crippen molar-refractivity contribution >= 4 is 11.4 Å². The Morgan fingerprint density at radius 3 is 2.24 bits per heavy atom. The van der Waals surface area contributed by atoms with Crippen LogP contribution in [0.1, 0.15) is 17.0 Å². The molecule has 0 aliphatic rings. The molecule has 2 aromatic rings. The molecule has 0 aliphatic carbocycles. The molecule has 88 valence electrons. The molecular formula is C14H17N3. The van der Waals surface area contributed by atoms with E-state index >= 15 is 0 Å². The van der Waals surface area contributed by atoms with Crippen LogP contribution in [0.5, 0.6) is 0 Å². The van der Waals surface area contributed by atoms with Crippen LogP contribution in [-0.4, -0.2) is 4.98 Å². The number of benzene rings is 1. The number of nitrogen functional groups attached to an aromatic ring is 1. The largest absolute Gasteiger partial charge is 0.399 e. The van der Waals surface area contributed by atoms with Crippen molar-refractivity contribution in [2.75, 3.05) is 11.1 Å². The fourth-order valence-electron chi connectivity index (χ4n) is 1.78. The molecule has 0 aliphatic heterocycles. The summed E-state index contributed by atoms with van der Waals surface area (Å²) in [6, 6.07) is 12.0. The molecule has 17 heavy (non-hydrogen) atoms. The number of pyridine rings is 1. The first kappa shape index (κ1) is 11.5. The van der Waals surface area contributed by atoms with Gasteiger partial charge in [0.15, 0.2) is 0 Å². The average Bonchev–Trinajstić information content (AvgIpc) is 2.27. The van der Waals surface area contributed by atoms with Crippen LogP contribution in [0.4, 0.5) is 11.4 Å². The zero-order valence-electron chi connectivity index (χ0n) is 10.2. The standard InChI is InChI=1S/C14H17N3/c1-10-7-14(8-11(2)17-10)16-9-12-3-5-13(15)6-4-12/h3-8H,9,15H2,1-2H3,(H,16,17). The van der Waals surface area contributed by atoms with Crippen LogP contribution in [-0.2, 0) is 6.54 Å². The Kier molecular flexibility index (Phi) is 3.28. The molecule has 1 heterocycles. The molecule has 0 bridgehead atoms. The highest BCUT2D eigenvalue weighted by Crippen LogP contribution is 2.13. The minimum absolute atomic E-state index is 0.795. The zero-order valence-corrected chi connectivity index (χ0v) is 10.2. The van der Waals surface area contributed by atoms with Crippen molar-refractivity contribution in [3.05, 3.63) is 53.3 Å². The number of aromatic nitrogens is 1. The van der Waals surface area contributed by atoms with Crippen LogP contribution < -0.4 is 11.1 Å². The maximum absolute atomic E-state index is 5.64. The highest BCUT2D eigenvalue weighted by Gasteiger charge is 1.97. The monoisotopic (exact) mass is 227 g/mol. The lowest BCUT2D eigenvalue weighted by Crippen LogP contribution is -2.01. The van der Waals surface area contributed by atoms with E-state index in [1.165, 1.54) is 5.56 Å². The van der Waals surface area contributed by atoms with E-state index < -0.39 is 0 Å². The Hall–Kier alpha value is -2.03. The Labute approximate surface area is 102 Å². The predicted octanol–water partition coefficient (Wildman–Crippen LogP) is 2.89. The molecule has 3 nitrogen and oxygen atoms in total. The fraction of sp³-hybridized carbons (Fsp3) is 0.214. The molecule has 0 fully saturated rings. The summed E-state index contributed by atoms with van der Waals surface area (Å²) >= 11 is 0. The number of nitrogens with zero attached hydrogens (tertiary/aromatic N) is 1. The van der Waals surface area contributed by atoms with Crippen LogP contribution >= 0.6 is 0 Å². The Morgan fingerprint density at radius 2 is 1.65 bits per heavy atom. The van der Waals surface area contributed by atoms with Crippen molar-refractivity contribution in [1.29, 1.82) is 0 Å². The van der Waals surface area contributed by atoms with Gasteiger partial charge >= 0.3 is 0 Å². The maximum Gasteiger partial charge on any atom is 0.0400 e. The number of nitrogens with one attached hydrogen (secondary N) is 1. The lowest BCUT2D eigenvalue weighted by atomic mass is 10.2. The smallest absolute Gasteiger partial charge is 0.0400 e. The number of anilines is 2. The van der Waals surface area contributed by atoms with Crippen molar-refractivity contribution < 1.29 is 0 Å². The van der Waals surface area contributed by atoms with E-state index in [0.717, 1.165) is 29.3 Å². The molecule has 0 saturated heterocycles. The molecule has 2 rings (SSSR count). The minimum Gasteiger partial charge on any atom is -0.399 e. The van der Waals surface area contributed by atoms with Crippen molar-refractivity contribution in [3.8, 4) is 0 Å². The maximum atomic E-state index is 5.64. The van der Waals surface area contributed by atoms with E-state index in [2.05, 4.69) is 10.3 Å². The summed E-state index contributed by atoms with van der Waals surface area (Å²) in [5.74, 6) is 0. The van der Waals surface area contributed by atoms with E-state index in [9.17, 15) is 0 Å². The number of aryl methyl sites for hydroxylation is 2. The van der Waals surface area contributed by atoms with Crippen molar-refractivity contribution in [2.45, 2.75) is 20.4 Å². The van der Waals surface area contributed by atoms with E-state index in [4.69, 9.17) is 5.73 Å². The molecule has 0 radical (unpaired) electrons. The van der Waals surface area contributed by atoms with Gasteiger partial charge in [-0.3, -0.25) is 4.98 Å². The van der Waals surface area contributed by atoms with Gasteiger partial charge in [0.2, 0.25) is 0 Å². The van der Waals surface area contributed by atoms with E-state index in [0.29, 0.717) is 0 Å². The second kappa shape index (κ2) is 4.87. The first-order valence-electron chi connectivity index (χ1n) is 5.67. The summed E-state index contributed by atoms with van der Waals surface area (Å²) in [5, 5.41) is 3.38. The number of hydrogen-bond acceptors (Lipinski definition) is 3. The molecule has 3 heteroatoms. The molecule has 0 saturated carbocycles. The second-order valence-corrected chi connectivity index (χ2v) is 4.23. The van der Waals surface area contributed by atoms with Crippen LogP contribution in [0.25, 0.3) is 0 Å². The van der Waals surface area contributed by atoms with Crippen molar-refractivity contribution in [3.63, 3.8) is 0 Å². The number of rotatable bonds is 3. The zero-order chi connectivity index (χ0) is 12.3. The Bertz CT molecular complexity index is 483. The topological polar surface area (TPSA) is 50.9 Å². The summed E-state index contributed by atoms with van der Waals surface area (Å²) in [4.78, 5) is 4.34. The fourth-order valence-corrected chi connectivity index (χ4v) is 1.78. The van der Waals surface area contributed by atoms with E-state index in [1.54, 1.807) is 0 Å². The molecule has 0 unspecified atom stereocenters. The van der Waals surface area contributed by atoms with Gasteiger partial charge in [-0.1, -0.05) is 12.1 Å². The van der Waals surface area contributed by atoms with Gasteiger partial charge in [0.05, 0.1) is 0 Å². The minimum atomic E-state index is 0.795. The number of nitrogens with two attached hydrogens (primary N) is 1. The normalized spacial score (nSPS) is 10.2. The Morgan fingerprint density at radius 1 is 1.06 bits per heavy atom. The van der Waals surface area contributed by atoms with Gasteiger partial charge in [-0.05, 0) is 43.7 Å². The predicted molar refractivity (Wildman–Crippen MR) is 71.9 cm³/mol. The lowest BCUT2D eigenvalue weighted by molar-refractivity contribution is 1.09. The lowest BCUT2D eigenvalue weighted by Gasteiger charge is -2.08. The van der Waals surface area contributed by atoms with E-state index in [-0.39, 0.29) is 0 Å². The third kappa shape index (κ3) is 3.21. The summed E-state index contributed by atoms with van der Waals surface area (Å²) in [6.45, 7) is 4.80. The van der Waals surface area contributed by atoms with Crippen molar-refractivity contribution in [2.24, 2.45) is 0 Å². The van der Waals surface area contributed by atoms with Gasteiger partial charge in [0, 0.05) is 29.3 Å². The second-order valence-electron chi connectivity index (χ2n) is 4.23. The highest BCUT2D eigenvalue weighted by atomic mass is 14.9. The quantitative estimate of drug-likeness (QED) is 0.793. The van der Waals surface area contributed by atoms with Gasteiger partial charge in [0.25, 0.3) is 0 Å². The third-order valence-corrected chi connectivity index (χ3v) is 2.56. The molecule has 0 atom stereocenters. The number of hydrogen-bond donors (Lipinski definition) is 2. The SMILES string of the molecule is Cc1cc(NCc2ccc(N)cc2)cc(C)n1. The van der Waals surface area contributed by atoms with Gasteiger partial charge in [-0.15, -0.1) is 0 Å². The van der Waals surface area contributed by atoms with Crippen LogP contribution in [0.3, 0.4) is 0 Å². The van der Waals surface area contributed by atoms with E-state index in [1.807, 2.05) is 50.2 Å². The summed E-state index contributed by atoms with van der Waals surface area (Å²) in [6.07, 6.45) is 0.